The Kier molecular flexibility index (Phi) is 5.59. The van der Waals surface area contributed by atoms with Crippen LogP contribution in [0.4, 0.5) is 18.9 Å². The first-order valence-electron chi connectivity index (χ1n) is 7.43. The van der Waals surface area contributed by atoms with Gasteiger partial charge in [0.15, 0.2) is 5.82 Å². The summed E-state index contributed by atoms with van der Waals surface area (Å²) in [6.07, 6.45) is -2.48. The topological polar surface area (TPSA) is 51.0 Å². The van der Waals surface area contributed by atoms with E-state index in [1.807, 2.05) is 12.1 Å². The van der Waals surface area contributed by atoms with Crippen molar-refractivity contribution in [2.75, 3.05) is 11.9 Å². The number of nitrogens with zero attached hydrogens (tertiary/aromatic N) is 4. The first-order valence-corrected chi connectivity index (χ1v) is 9.42. The maximum Gasteiger partial charge on any atom is 0.417 e. The molecule has 0 atom stereocenters. The molecule has 11 heteroatoms. The Morgan fingerprint density at radius 2 is 2.00 bits per heavy atom. The van der Waals surface area contributed by atoms with Gasteiger partial charge >= 0.3 is 6.18 Å². The van der Waals surface area contributed by atoms with Crippen LogP contribution in [0.15, 0.2) is 45.2 Å². The second kappa shape index (κ2) is 7.61. The van der Waals surface area contributed by atoms with Crippen LogP contribution in [-0.4, -0.2) is 21.8 Å². The summed E-state index contributed by atoms with van der Waals surface area (Å²) < 4.78 is 39.8. The predicted molar refractivity (Wildman–Crippen MR) is 102 cm³/mol. The number of hydrogen-bond acceptors (Lipinski definition) is 5. The van der Waals surface area contributed by atoms with E-state index in [1.165, 1.54) is 6.20 Å². The monoisotopic (exact) mass is 478 g/mol. The number of rotatable bonds is 4. The molecule has 27 heavy (non-hydrogen) atoms. The molecule has 5 nitrogen and oxygen atoms in total. The van der Waals surface area contributed by atoms with Crippen molar-refractivity contribution in [3.63, 3.8) is 0 Å². The fraction of sp³-hybridized carbons (Fsp3) is 0.188. The highest BCUT2D eigenvalue weighted by molar-refractivity contribution is 9.11. The second-order valence-corrected chi connectivity index (χ2v) is 8.45. The molecular formula is C16H11BrClF3N4OS. The van der Waals surface area contributed by atoms with Crippen LogP contribution in [0, 0.1) is 0 Å². The number of thiophene rings is 1. The highest BCUT2D eigenvalue weighted by Crippen LogP contribution is 2.29. The van der Waals surface area contributed by atoms with Crippen molar-refractivity contribution in [2.45, 2.75) is 12.7 Å². The van der Waals surface area contributed by atoms with Crippen LogP contribution in [0.3, 0.4) is 0 Å². The zero-order valence-corrected chi connectivity index (χ0v) is 16.8. The maximum absolute atomic E-state index is 12.6. The van der Waals surface area contributed by atoms with E-state index >= 15 is 0 Å². The third-order valence-electron chi connectivity index (χ3n) is 3.63. The first-order chi connectivity index (χ1) is 12.7. The molecular weight excluding hydrogens is 469 g/mol. The van der Waals surface area contributed by atoms with Gasteiger partial charge in [0.2, 0.25) is 0 Å². The molecule has 0 unspecified atom stereocenters. The molecule has 3 heterocycles. The standard InChI is InChI=1S/C16H11BrClF3N4OS/c1-24(8-10-3-4-12(17)27-10)11-7-23-25(15(26)14(11)18)13-5-2-9(6-22-13)16(19,20)21/h2-7H,8H2,1H3. The van der Waals surface area contributed by atoms with Crippen LogP contribution in [0.25, 0.3) is 5.82 Å². The fourth-order valence-electron chi connectivity index (χ4n) is 2.29. The summed E-state index contributed by atoms with van der Waals surface area (Å²) in [4.78, 5) is 19.0. The molecule has 0 aliphatic rings. The Morgan fingerprint density at radius 3 is 2.56 bits per heavy atom. The van der Waals surface area contributed by atoms with Gasteiger partial charge in [-0.2, -0.15) is 23.0 Å². The number of pyridine rings is 1. The van der Waals surface area contributed by atoms with Crippen molar-refractivity contribution in [2.24, 2.45) is 0 Å². The van der Waals surface area contributed by atoms with Crippen LogP contribution in [-0.2, 0) is 12.7 Å². The summed E-state index contributed by atoms with van der Waals surface area (Å²) in [6, 6.07) is 5.76. The molecule has 0 saturated carbocycles. The van der Waals surface area contributed by atoms with Crippen LogP contribution in [0.5, 0.6) is 0 Å². The van der Waals surface area contributed by atoms with E-state index in [0.29, 0.717) is 18.4 Å². The van der Waals surface area contributed by atoms with E-state index in [1.54, 1.807) is 23.3 Å². The third kappa shape index (κ3) is 4.33. The molecule has 142 valence electrons. The van der Waals surface area contributed by atoms with E-state index in [4.69, 9.17) is 11.6 Å². The van der Waals surface area contributed by atoms with E-state index in [9.17, 15) is 18.0 Å². The van der Waals surface area contributed by atoms with E-state index in [2.05, 4.69) is 26.0 Å². The quantitative estimate of drug-likeness (QED) is 0.541. The van der Waals surface area contributed by atoms with E-state index in [0.717, 1.165) is 25.5 Å². The number of aromatic nitrogens is 3. The fourth-order valence-corrected chi connectivity index (χ4v) is 4.10. The van der Waals surface area contributed by atoms with Gasteiger partial charge in [-0.3, -0.25) is 4.79 Å². The SMILES string of the molecule is CN(Cc1ccc(Br)s1)c1cnn(-c2ccc(C(F)(F)F)cn2)c(=O)c1Cl. The molecule has 0 aromatic carbocycles. The molecule has 0 fully saturated rings. The lowest BCUT2D eigenvalue weighted by atomic mass is 10.3. The zero-order valence-electron chi connectivity index (χ0n) is 13.7. The van der Waals surface area contributed by atoms with Gasteiger partial charge in [0.25, 0.3) is 5.56 Å². The van der Waals surface area contributed by atoms with Gasteiger partial charge < -0.3 is 4.90 Å². The number of alkyl halides is 3. The Hall–Kier alpha value is -1.91. The largest absolute Gasteiger partial charge is 0.417 e. The molecule has 0 saturated heterocycles. The van der Waals surface area contributed by atoms with Crippen molar-refractivity contribution >= 4 is 44.6 Å². The van der Waals surface area contributed by atoms with Crippen LogP contribution in [0.1, 0.15) is 10.4 Å². The van der Waals surface area contributed by atoms with Gasteiger partial charge in [0.05, 0.1) is 27.8 Å². The summed E-state index contributed by atoms with van der Waals surface area (Å²) in [7, 11) is 1.76. The summed E-state index contributed by atoms with van der Waals surface area (Å²) in [5.74, 6) is -0.0497. The van der Waals surface area contributed by atoms with Crippen molar-refractivity contribution in [1.82, 2.24) is 14.8 Å². The Labute approximate surface area is 169 Å². The predicted octanol–water partition coefficient (Wildman–Crippen LogP) is 4.76. The first kappa shape index (κ1) is 19.8. The summed E-state index contributed by atoms with van der Waals surface area (Å²) in [5.41, 5.74) is -1.17. The van der Waals surface area contributed by atoms with Crippen molar-refractivity contribution in [3.8, 4) is 5.82 Å². The lowest BCUT2D eigenvalue weighted by molar-refractivity contribution is -0.137. The molecule has 0 N–H and O–H groups in total. The Bertz CT molecular complexity index is 1020. The summed E-state index contributed by atoms with van der Waals surface area (Å²) >= 11 is 11.1. The molecule has 0 bridgehead atoms. The van der Waals surface area contributed by atoms with Gasteiger partial charge in [-0.1, -0.05) is 11.6 Å². The van der Waals surface area contributed by atoms with Crippen molar-refractivity contribution < 1.29 is 13.2 Å². The van der Waals surface area contributed by atoms with Crippen LogP contribution < -0.4 is 10.5 Å². The van der Waals surface area contributed by atoms with Crippen LogP contribution in [0.2, 0.25) is 5.02 Å². The normalized spacial score (nSPS) is 11.6. The van der Waals surface area contributed by atoms with Gasteiger partial charge in [0, 0.05) is 18.1 Å². The minimum atomic E-state index is -4.51. The zero-order chi connectivity index (χ0) is 19.8. The molecule has 0 radical (unpaired) electrons. The highest BCUT2D eigenvalue weighted by Gasteiger charge is 2.30. The smallest absolute Gasteiger partial charge is 0.367 e. The lowest BCUT2D eigenvalue weighted by Gasteiger charge is -2.19. The second-order valence-electron chi connectivity index (χ2n) is 5.53. The molecule has 0 amide bonds. The Morgan fingerprint density at radius 1 is 1.26 bits per heavy atom. The van der Waals surface area contributed by atoms with E-state index < -0.39 is 17.3 Å². The molecule has 3 rings (SSSR count). The number of hydrogen-bond donors (Lipinski definition) is 0. The van der Waals surface area contributed by atoms with Gasteiger partial charge in [-0.05, 0) is 40.2 Å². The van der Waals surface area contributed by atoms with Gasteiger partial charge in [-0.25, -0.2) is 4.98 Å². The summed E-state index contributed by atoms with van der Waals surface area (Å²) in [6.45, 7) is 0.514. The average Bonchev–Trinajstić information content (AvgIpc) is 3.01. The van der Waals surface area contributed by atoms with Gasteiger partial charge in [0.1, 0.15) is 5.02 Å². The van der Waals surface area contributed by atoms with Crippen molar-refractivity contribution in [3.05, 3.63) is 66.3 Å². The molecule has 0 aliphatic carbocycles. The third-order valence-corrected chi connectivity index (χ3v) is 5.59. The molecule has 0 spiro atoms. The number of halogens is 5. The maximum atomic E-state index is 12.6. The number of anilines is 1. The average molecular weight is 480 g/mol. The van der Waals surface area contributed by atoms with Crippen molar-refractivity contribution in [1.29, 1.82) is 0 Å². The van der Waals surface area contributed by atoms with E-state index in [-0.39, 0.29) is 10.8 Å². The summed E-state index contributed by atoms with van der Waals surface area (Å²) in [5, 5.41) is 3.90. The minimum Gasteiger partial charge on any atom is -0.367 e. The minimum absolute atomic E-state index is 0.0497. The van der Waals surface area contributed by atoms with Gasteiger partial charge in [-0.15, -0.1) is 11.3 Å². The lowest BCUT2D eigenvalue weighted by Crippen LogP contribution is -2.26. The highest BCUT2D eigenvalue weighted by atomic mass is 79.9. The molecule has 3 aromatic heterocycles. The van der Waals surface area contributed by atoms with Crippen LogP contribution >= 0.6 is 38.9 Å². The molecule has 0 aliphatic heterocycles. The molecule has 3 aromatic rings. The Balaban J connectivity index is 1.89.